The summed E-state index contributed by atoms with van der Waals surface area (Å²) < 4.78 is 25.0. The molecule has 0 radical (unpaired) electrons. The van der Waals surface area contributed by atoms with Crippen molar-refractivity contribution in [1.29, 1.82) is 5.26 Å². The van der Waals surface area contributed by atoms with Crippen LogP contribution >= 0.6 is 23.2 Å². The van der Waals surface area contributed by atoms with Gasteiger partial charge in [0.15, 0.2) is 0 Å². The largest absolute Gasteiger partial charge is 0.366 e. The molecule has 0 spiro atoms. The molecule has 1 heterocycles. The minimum Gasteiger partial charge on any atom is -0.366 e. The van der Waals surface area contributed by atoms with E-state index in [2.05, 4.69) is 15.3 Å². The van der Waals surface area contributed by atoms with Gasteiger partial charge in [-0.1, -0.05) is 11.6 Å². The summed E-state index contributed by atoms with van der Waals surface area (Å²) in [7, 11) is -3.43. The molecule has 23 heavy (non-hydrogen) atoms. The number of aromatic nitrogens is 2. The summed E-state index contributed by atoms with van der Waals surface area (Å²) in [6, 6.07) is 1.70. The van der Waals surface area contributed by atoms with Crippen LogP contribution in [0.1, 0.15) is 25.7 Å². The highest BCUT2D eigenvalue weighted by atomic mass is 35.5. The first kappa shape index (κ1) is 18.2. The van der Waals surface area contributed by atoms with Crippen molar-refractivity contribution in [3.8, 4) is 6.07 Å². The standard InChI is InChI=1S/C13H17Cl2N5O2S/c1-23(21,22)20(6-5-16)10-4-2-3-9(7-10)18-12-11(14)8-17-13(15)19-12/h8-10H,2-4,6-7H2,1H3,(H,17,18,19)/t9-,10-/m1/s1. The van der Waals surface area contributed by atoms with Crippen LogP contribution in [-0.2, 0) is 10.0 Å². The molecular formula is C13H17Cl2N5O2S. The number of hydrogen-bond donors (Lipinski definition) is 1. The van der Waals surface area contributed by atoms with E-state index >= 15 is 0 Å². The summed E-state index contributed by atoms with van der Waals surface area (Å²) in [5.41, 5.74) is 0. The molecule has 1 aromatic rings. The molecule has 0 aromatic carbocycles. The zero-order chi connectivity index (χ0) is 17.0. The quantitative estimate of drug-likeness (QED) is 0.624. The van der Waals surface area contributed by atoms with Crippen molar-refractivity contribution < 1.29 is 8.42 Å². The number of rotatable bonds is 5. The summed E-state index contributed by atoms with van der Waals surface area (Å²) in [6.07, 6.45) is 5.55. The fraction of sp³-hybridized carbons (Fsp3) is 0.615. The Bertz CT molecular complexity index is 707. The van der Waals surface area contributed by atoms with Crippen molar-refractivity contribution in [1.82, 2.24) is 14.3 Å². The van der Waals surface area contributed by atoms with E-state index in [9.17, 15) is 8.42 Å². The molecule has 1 saturated carbocycles. The molecule has 1 aromatic heterocycles. The Kier molecular flexibility index (Phi) is 6.03. The maximum Gasteiger partial charge on any atom is 0.224 e. The Balaban J connectivity index is 2.11. The monoisotopic (exact) mass is 377 g/mol. The maximum atomic E-state index is 11.9. The van der Waals surface area contributed by atoms with E-state index in [1.165, 1.54) is 10.5 Å². The van der Waals surface area contributed by atoms with Crippen LogP contribution in [0.5, 0.6) is 0 Å². The van der Waals surface area contributed by atoms with Gasteiger partial charge in [0, 0.05) is 12.1 Å². The van der Waals surface area contributed by atoms with Crippen LogP contribution < -0.4 is 5.32 Å². The lowest BCUT2D eigenvalue weighted by Crippen LogP contribution is -2.45. The molecule has 1 fully saturated rings. The molecule has 2 atom stereocenters. The van der Waals surface area contributed by atoms with Crippen LogP contribution in [0.3, 0.4) is 0 Å². The molecule has 0 aliphatic heterocycles. The third-order valence-corrected chi connectivity index (χ3v) is 5.50. The van der Waals surface area contributed by atoms with Gasteiger partial charge in [-0.3, -0.25) is 0 Å². The number of nitrogens with one attached hydrogen (secondary N) is 1. The van der Waals surface area contributed by atoms with Crippen LogP contribution in [0.2, 0.25) is 10.3 Å². The predicted molar refractivity (Wildman–Crippen MR) is 88.9 cm³/mol. The van der Waals surface area contributed by atoms with Crippen molar-refractivity contribution >= 4 is 39.0 Å². The van der Waals surface area contributed by atoms with Crippen LogP contribution in [0.25, 0.3) is 0 Å². The van der Waals surface area contributed by atoms with Crippen molar-refractivity contribution in [3.05, 3.63) is 16.5 Å². The highest BCUT2D eigenvalue weighted by molar-refractivity contribution is 7.88. The summed E-state index contributed by atoms with van der Waals surface area (Å²) in [5.74, 6) is 0.434. The van der Waals surface area contributed by atoms with E-state index in [4.69, 9.17) is 28.5 Å². The molecule has 10 heteroatoms. The Morgan fingerprint density at radius 2 is 2.22 bits per heavy atom. The maximum absolute atomic E-state index is 11.9. The van der Waals surface area contributed by atoms with Crippen LogP contribution in [-0.4, -0.2) is 47.6 Å². The molecule has 1 N–H and O–H groups in total. The number of sulfonamides is 1. The fourth-order valence-electron chi connectivity index (χ4n) is 2.78. The van der Waals surface area contributed by atoms with Crippen LogP contribution in [0, 0.1) is 11.3 Å². The smallest absolute Gasteiger partial charge is 0.224 e. The Morgan fingerprint density at radius 1 is 1.48 bits per heavy atom. The van der Waals surface area contributed by atoms with E-state index in [1.807, 2.05) is 6.07 Å². The summed E-state index contributed by atoms with van der Waals surface area (Å²) in [4.78, 5) is 7.84. The molecule has 1 aliphatic rings. The number of anilines is 1. The number of halogens is 2. The van der Waals surface area contributed by atoms with Gasteiger partial charge in [-0.2, -0.15) is 14.6 Å². The molecule has 0 unspecified atom stereocenters. The number of nitrogens with zero attached hydrogens (tertiary/aromatic N) is 4. The van der Waals surface area contributed by atoms with Gasteiger partial charge < -0.3 is 5.32 Å². The SMILES string of the molecule is CS(=O)(=O)N(CC#N)[C@@H]1CCC[C@@H](Nc2nc(Cl)ncc2Cl)C1. The molecule has 0 bridgehead atoms. The number of hydrogen-bond acceptors (Lipinski definition) is 6. The van der Waals surface area contributed by atoms with Gasteiger partial charge in [-0.05, 0) is 37.3 Å². The van der Waals surface area contributed by atoms with E-state index in [0.717, 1.165) is 25.5 Å². The average molecular weight is 378 g/mol. The van der Waals surface area contributed by atoms with Crippen molar-refractivity contribution in [2.75, 3.05) is 18.1 Å². The summed E-state index contributed by atoms with van der Waals surface area (Å²) in [6.45, 7) is -0.143. The normalized spacial score (nSPS) is 21.9. The van der Waals surface area contributed by atoms with Crippen molar-refractivity contribution in [3.63, 3.8) is 0 Å². The van der Waals surface area contributed by atoms with Gasteiger partial charge >= 0.3 is 0 Å². The molecular weight excluding hydrogens is 361 g/mol. The lowest BCUT2D eigenvalue weighted by atomic mass is 9.91. The van der Waals surface area contributed by atoms with Gasteiger partial charge in [-0.25, -0.2) is 13.4 Å². The van der Waals surface area contributed by atoms with Crippen molar-refractivity contribution in [2.24, 2.45) is 0 Å². The van der Waals surface area contributed by atoms with E-state index in [1.54, 1.807) is 0 Å². The highest BCUT2D eigenvalue weighted by Gasteiger charge is 2.32. The van der Waals surface area contributed by atoms with Gasteiger partial charge in [0.2, 0.25) is 15.3 Å². The first-order valence-electron chi connectivity index (χ1n) is 7.09. The van der Waals surface area contributed by atoms with Gasteiger partial charge in [0.25, 0.3) is 0 Å². The van der Waals surface area contributed by atoms with E-state index in [-0.39, 0.29) is 23.9 Å². The minimum absolute atomic E-state index is 0.000148. The Labute approximate surface area is 145 Å². The average Bonchev–Trinajstić information content (AvgIpc) is 2.47. The van der Waals surface area contributed by atoms with Crippen molar-refractivity contribution in [2.45, 2.75) is 37.8 Å². The van der Waals surface area contributed by atoms with E-state index < -0.39 is 10.0 Å². The molecule has 126 valence electrons. The second-order valence-electron chi connectivity index (χ2n) is 5.46. The third kappa shape index (κ3) is 4.91. The minimum atomic E-state index is -3.43. The Morgan fingerprint density at radius 3 is 2.87 bits per heavy atom. The molecule has 2 rings (SSSR count). The first-order chi connectivity index (χ1) is 10.8. The summed E-state index contributed by atoms with van der Waals surface area (Å²) in [5, 5.41) is 12.5. The molecule has 0 amide bonds. The first-order valence-corrected chi connectivity index (χ1v) is 9.70. The predicted octanol–water partition coefficient (Wildman–Crippen LogP) is 2.29. The van der Waals surface area contributed by atoms with Gasteiger partial charge in [0.1, 0.15) is 17.4 Å². The highest BCUT2D eigenvalue weighted by Crippen LogP contribution is 2.28. The lowest BCUT2D eigenvalue weighted by Gasteiger charge is -2.35. The second kappa shape index (κ2) is 7.62. The lowest BCUT2D eigenvalue weighted by molar-refractivity contribution is 0.260. The number of nitriles is 1. The fourth-order valence-corrected chi connectivity index (χ4v) is 4.09. The molecule has 7 nitrogen and oxygen atoms in total. The zero-order valence-corrected chi connectivity index (χ0v) is 14.9. The van der Waals surface area contributed by atoms with E-state index in [0.29, 0.717) is 17.3 Å². The van der Waals surface area contributed by atoms with Gasteiger partial charge in [-0.15, -0.1) is 0 Å². The Hall–Kier alpha value is -1.14. The second-order valence-corrected chi connectivity index (χ2v) is 8.14. The van der Waals surface area contributed by atoms with Crippen LogP contribution in [0.4, 0.5) is 5.82 Å². The third-order valence-electron chi connectivity index (χ3n) is 3.76. The topological polar surface area (TPSA) is 99.0 Å². The zero-order valence-electron chi connectivity index (χ0n) is 12.5. The summed E-state index contributed by atoms with van der Waals surface area (Å²) >= 11 is 11.8. The molecule has 1 aliphatic carbocycles. The van der Waals surface area contributed by atoms with Gasteiger partial charge in [0.05, 0.1) is 18.5 Å². The van der Waals surface area contributed by atoms with Crippen LogP contribution in [0.15, 0.2) is 6.20 Å². The molecule has 0 saturated heterocycles.